The summed E-state index contributed by atoms with van der Waals surface area (Å²) in [6.45, 7) is 6.65. The van der Waals surface area contributed by atoms with Gasteiger partial charge in [0, 0.05) is 51.2 Å². The number of pyridine rings is 1. The van der Waals surface area contributed by atoms with Crippen LogP contribution in [0.4, 0.5) is 11.6 Å². The monoisotopic (exact) mass is 362 g/mol. The van der Waals surface area contributed by atoms with Gasteiger partial charge in [-0.25, -0.2) is 18.4 Å². The summed E-state index contributed by atoms with van der Waals surface area (Å²) in [6, 6.07) is 5.11. The Morgan fingerprint density at radius 2 is 1.96 bits per heavy atom. The van der Waals surface area contributed by atoms with E-state index in [1.54, 1.807) is 18.3 Å². The number of anilines is 2. The van der Waals surface area contributed by atoms with E-state index in [0.717, 1.165) is 18.2 Å². The largest absolute Gasteiger partial charge is 0.370 e. The van der Waals surface area contributed by atoms with Crippen molar-refractivity contribution in [2.45, 2.75) is 18.7 Å². The molecule has 0 atom stereocenters. The van der Waals surface area contributed by atoms with Crippen LogP contribution >= 0.6 is 0 Å². The first-order valence-electron chi connectivity index (χ1n) is 8.25. The molecule has 134 valence electrons. The van der Waals surface area contributed by atoms with Crippen molar-refractivity contribution in [2.24, 2.45) is 0 Å². The van der Waals surface area contributed by atoms with E-state index in [1.807, 2.05) is 19.9 Å². The van der Waals surface area contributed by atoms with Crippen LogP contribution in [0, 0.1) is 6.92 Å². The Morgan fingerprint density at radius 1 is 1.20 bits per heavy atom. The fourth-order valence-corrected chi connectivity index (χ4v) is 4.18. The van der Waals surface area contributed by atoms with Gasteiger partial charge in [0.1, 0.15) is 22.4 Å². The highest BCUT2D eigenvalue weighted by Crippen LogP contribution is 2.21. The molecule has 0 aromatic carbocycles. The van der Waals surface area contributed by atoms with Crippen molar-refractivity contribution in [1.82, 2.24) is 19.3 Å². The Kier molecular flexibility index (Phi) is 5.14. The van der Waals surface area contributed by atoms with Crippen LogP contribution in [0.2, 0.25) is 0 Å². The molecule has 0 saturated carbocycles. The lowest BCUT2D eigenvalue weighted by molar-refractivity contribution is 0.383. The number of rotatable bonds is 5. The predicted octanol–water partition coefficient (Wildman–Crippen LogP) is 1.12. The summed E-state index contributed by atoms with van der Waals surface area (Å²) in [5.41, 5.74) is 0. The van der Waals surface area contributed by atoms with Crippen molar-refractivity contribution in [1.29, 1.82) is 0 Å². The summed E-state index contributed by atoms with van der Waals surface area (Å²) in [4.78, 5) is 15.1. The second-order valence-electron chi connectivity index (χ2n) is 5.77. The molecule has 3 rings (SSSR count). The highest BCUT2D eigenvalue weighted by Gasteiger charge is 2.29. The molecule has 0 radical (unpaired) electrons. The van der Waals surface area contributed by atoms with Crippen LogP contribution in [0.5, 0.6) is 0 Å². The van der Waals surface area contributed by atoms with Crippen LogP contribution in [0.1, 0.15) is 12.7 Å². The van der Waals surface area contributed by atoms with E-state index in [1.165, 1.54) is 10.5 Å². The van der Waals surface area contributed by atoms with Gasteiger partial charge < -0.3 is 10.2 Å². The first-order valence-corrected chi connectivity index (χ1v) is 9.69. The molecule has 2 aromatic rings. The molecule has 0 unspecified atom stereocenters. The number of nitrogens with one attached hydrogen (secondary N) is 1. The fraction of sp³-hybridized carbons (Fsp3) is 0.438. The summed E-state index contributed by atoms with van der Waals surface area (Å²) < 4.78 is 26.8. The van der Waals surface area contributed by atoms with Gasteiger partial charge in [0.05, 0.1) is 0 Å². The topological polar surface area (TPSA) is 91.3 Å². The van der Waals surface area contributed by atoms with Crippen molar-refractivity contribution >= 4 is 21.7 Å². The van der Waals surface area contributed by atoms with Gasteiger partial charge in [-0.1, -0.05) is 0 Å². The first-order chi connectivity index (χ1) is 12.0. The quantitative estimate of drug-likeness (QED) is 0.852. The Hall–Kier alpha value is -2.26. The van der Waals surface area contributed by atoms with Gasteiger partial charge in [-0.05, 0) is 26.0 Å². The number of aryl methyl sites for hydroxylation is 1. The third kappa shape index (κ3) is 3.88. The lowest BCUT2D eigenvalue weighted by Gasteiger charge is -2.34. The van der Waals surface area contributed by atoms with Crippen molar-refractivity contribution in [3.63, 3.8) is 0 Å². The van der Waals surface area contributed by atoms with Gasteiger partial charge in [0.25, 0.3) is 0 Å². The molecule has 1 fully saturated rings. The lowest BCUT2D eigenvalue weighted by atomic mass is 10.3. The predicted molar refractivity (Wildman–Crippen MR) is 96.1 cm³/mol. The summed E-state index contributed by atoms with van der Waals surface area (Å²) in [5.74, 6) is 2.30. The number of nitrogens with zero attached hydrogens (tertiary/aromatic N) is 5. The molecule has 1 aliphatic rings. The number of hydrogen-bond donors (Lipinski definition) is 1. The van der Waals surface area contributed by atoms with Gasteiger partial charge in [0.15, 0.2) is 0 Å². The van der Waals surface area contributed by atoms with Crippen LogP contribution in [0.15, 0.2) is 35.5 Å². The van der Waals surface area contributed by atoms with Gasteiger partial charge in [0.2, 0.25) is 10.0 Å². The maximum atomic E-state index is 12.7. The molecule has 0 aliphatic carbocycles. The number of sulfonamides is 1. The number of piperazine rings is 1. The summed E-state index contributed by atoms with van der Waals surface area (Å²) in [6.07, 6.45) is 2.95. The third-order valence-electron chi connectivity index (χ3n) is 4.02. The Labute approximate surface area is 148 Å². The van der Waals surface area contributed by atoms with E-state index >= 15 is 0 Å². The third-order valence-corrected chi connectivity index (χ3v) is 5.90. The minimum atomic E-state index is -3.49. The zero-order valence-electron chi connectivity index (χ0n) is 14.4. The highest BCUT2D eigenvalue weighted by molar-refractivity contribution is 7.89. The maximum Gasteiger partial charge on any atom is 0.244 e. The smallest absolute Gasteiger partial charge is 0.244 e. The van der Waals surface area contributed by atoms with Crippen LogP contribution in [-0.2, 0) is 10.0 Å². The van der Waals surface area contributed by atoms with Gasteiger partial charge >= 0.3 is 0 Å². The van der Waals surface area contributed by atoms with E-state index in [0.29, 0.717) is 32.0 Å². The van der Waals surface area contributed by atoms with E-state index in [2.05, 4.69) is 25.2 Å². The standard InChI is InChI=1S/C16H22N6O2S/c1-3-18-15-11-16(20-13(2)19-15)21-7-9-22(10-8-21)25(23,24)14-5-4-6-17-12-14/h4-6,11-12H,3,7-10H2,1-2H3,(H,18,19,20). The molecule has 2 aromatic heterocycles. The van der Waals surface area contributed by atoms with Gasteiger partial charge in [-0.3, -0.25) is 4.98 Å². The molecule has 1 aliphatic heterocycles. The van der Waals surface area contributed by atoms with Crippen LogP contribution in [0.3, 0.4) is 0 Å². The van der Waals surface area contributed by atoms with Crippen LogP contribution < -0.4 is 10.2 Å². The molecule has 0 spiro atoms. The SMILES string of the molecule is CCNc1cc(N2CCN(S(=O)(=O)c3cccnc3)CC2)nc(C)n1. The molecule has 1 saturated heterocycles. The second kappa shape index (κ2) is 7.32. The minimum Gasteiger partial charge on any atom is -0.370 e. The van der Waals surface area contributed by atoms with Gasteiger partial charge in [-0.15, -0.1) is 0 Å². The van der Waals surface area contributed by atoms with Crippen molar-refractivity contribution in [3.05, 3.63) is 36.4 Å². The molecular formula is C16H22N6O2S. The molecule has 8 nitrogen and oxygen atoms in total. The zero-order chi connectivity index (χ0) is 17.9. The number of aromatic nitrogens is 3. The Balaban J connectivity index is 1.72. The van der Waals surface area contributed by atoms with Crippen molar-refractivity contribution in [3.8, 4) is 0 Å². The van der Waals surface area contributed by atoms with Crippen molar-refractivity contribution in [2.75, 3.05) is 42.9 Å². The second-order valence-corrected chi connectivity index (χ2v) is 7.71. The molecular weight excluding hydrogens is 340 g/mol. The van der Waals surface area contributed by atoms with E-state index in [9.17, 15) is 8.42 Å². The highest BCUT2D eigenvalue weighted by atomic mass is 32.2. The normalized spacial score (nSPS) is 16.0. The molecule has 1 N–H and O–H groups in total. The summed E-state index contributed by atoms with van der Waals surface area (Å²) in [5, 5.41) is 3.19. The zero-order valence-corrected chi connectivity index (χ0v) is 15.2. The fourth-order valence-electron chi connectivity index (χ4n) is 2.79. The van der Waals surface area contributed by atoms with Crippen LogP contribution in [-0.4, -0.2) is 60.4 Å². The van der Waals surface area contributed by atoms with E-state index in [-0.39, 0.29) is 4.90 Å². The average Bonchev–Trinajstić information content (AvgIpc) is 2.62. The number of hydrogen-bond acceptors (Lipinski definition) is 7. The first kappa shape index (κ1) is 17.6. The van der Waals surface area contributed by atoms with Crippen LogP contribution in [0.25, 0.3) is 0 Å². The average molecular weight is 362 g/mol. The molecule has 9 heteroatoms. The molecule has 0 bridgehead atoms. The molecule has 0 amide bonds. The minimum absolute atomic E-state index is 0.232. The van der Waals surface area contributed by atoms with Gasteiger partial charge in [-0.2, -0.15) is 4.31 Å². The Bertz CT molecular complexity index is 820. The summed E-state index contributed by atoms with van der Waals surface area (Å²) >= 11 is 0. The van der Waals surface area contributed by atoms with E-state index < -0.39 is 10.0 Å². The molecule has 25 heavy (non-hydrogen) atoms. The summed E-state index contributed by atoms with van der Waals surface area (Å²) in [7, 11) is -3.49. The maximum absolute atomic E-state index is 12.7. The lowest BCUT2D eigenvalue weighted by Crippen LogP contribution is -2.49. The Morgan fingerprint density at radius 3 is 2.60 bits per heavy atom. The molecule has 3 heterocycles. The van der Waals surface area contributed by atoms with Crippen molar-refractivity contribution < 1.29 is 8.42 Å². The van der Waals surface area contributed by atoms with E-state index in [4.69, 9.17) is 0 Å².